The Bertz CT molecular complexity index is 1810. The van der Waals surface area contributed by atoms with Gasteiger partial charge in [-0.25, -0.2) is 9.79 Å². The van der Waals surface area contributed by atoms with E-state index < -0.39 is 12.0 Å². The molecule has 0 aliphatic carbocycles. The van der Waals surface area contributed by atoms with Crippen LogP contribution in [0.3, 0.4) is 0 Å². The average Bonchev–Trinajstić information content (AvgIpc) is 3.25. The van der Waals surface area contributed by atoms with Gasteiger partial charge >= 0.3 is 5.97 Å². The van der Waals surface area contributed by atoms with Crippen LogP contribution in [0.25, 0.3) is 6.08 Å². The van der Waals surface area contributed by atoms with Crippen molar-refractivity contribution < 1.29 is 19.0 Å². The highest BCUT2D eigenvalue weighted by Gasteiger charge is 2.35. The lowest BCUT2D eigenvalue weighted by Crippen LogP contribution is -2.40. The number of methoxy groups -OCH3 is 2. The first kappa shape index (κ1) is 27.7. The molecule has 0 saturated carbocycles. The van der Waals surface area contributed by atoms with E-state index in [1.165, 1.54) is 30.1 Å². The number of hydrogen-bond donors (Lipinski definition) is 0. The van der Waals surface area contributed by atoms with E-state index >= 15 is 0 Å². The van der Waals surface area contributed by atoms with Crippen molar-refractivity contribution >= 4 is 46.6 Å². The molecule has 40 heavy (non-hydrogen) atoms. The molecule has 3 aromatic carbocycles. The Morgan fingerprint density at radius 1 is 1.05 bits per heavy atom. The normalized spacial score (nSPS) is 14.9. The molecule has 2 heterocycles. The predicted octanol–water partition coefficient (Wildman–Crippen LogP) is 5.30. The molecule has 0 unspecified atom stereocenters. The maximum atomic E-state index is 13.9. The molecule has 7 nitrogen and oxygen atoms in total. The van der Waals surface area contributed by atoms with Crippen molar-refractivity contribution in [1.29, 1.82) is 0 Å². The number of ether oxygens (including phenoxy) is 3. The van der Waals surface area contributed by atoms with Crippen molar-refractivity contribution in [2.45, 2.75) is 19.6 Å². The van der Waals surface area contributed by atoms with Gasteiger partial charge < -0.3 is 14.2 Å². The molecular formula is C30H24Cl2N2O5S. The summed E-state index contributed by atoms with van der Waals surface area (Å²) in [7, 11) is 2.81. The summed E-state index contributed by atoms with van der Waals surface area (Å²) >= 11 is 13.5. The first-order valence-corrected chi connectivity index (χ1v) is 13.8. The van der Waals surface area contributed by atoms with E-state index in [4.69, 9.17) is 37.4 Å². The van der Waals surface area contributed by atoms with Crippen molar-refractivity contribution in [1.82, 2.24) is 4.57 Å². The van der Waals surface area contributed by atoms with Crippen molar-refractivity contribution in [2.75, 3.05) is 14.2 Å². The van der Waals surface area contributed by atoms with E-state index in [0.29, 0.717) is 48.7 Å². The van der Waals surface area contributed by atoms with Crippen LogP contribution in [0.5, 0.6) is 11.5 Å². The summed E-state index contributed by atoms with van der Waals surface area (Å²) in [6.07, 6.45) is 1.78. The van der Waals surface area contributed by atoms with E-state index in [2.05, 4.69) is 4.99 Å². The van der Waals surface area contributed by atoms with E-state index in [-0.39, 0.29) is 11.1 Å². The van der Waals surface area contributed by atoms with E-state index in [1.807, 2.05) is 48.5 Å². The number of rotatable bonds is 7. The summed E-state index contributed by atoms with van der Waals surface area (Å²) in [6.45, 7) is 2.09. The minimum absolute atomic E-state index is 0.236. The second-order valence-electron chi connectivity index (χ2n) is 8.95. The fourth-order valence-corrected chi connectivity index (χ4v) is 5.85. The van der Waals surface area contributed by atoms with Crippen LogP contribution in [0, 0.1) is 0 Å². The molecule has 0 fully saturated rings. The number of hydrogen-bond acceptors (Lipinski definition) is 7. The molecule has 0 spiro atoms. The number of esters is 1. The highest BCUT2D eigenvalue weighted by atomic mass is 35.5. The molecule has 0 radical (unpaired) electrons. The highest BCUT2D eigenvalue weighted by Crippen LogP contribution is 2.37. The van der Waals surface area contributed by atoms with Gasteiger partial charge in [0.05, 0.1) is 30.0 Å². The highest BCUT2D eigenvalue weighted by molar-refractivity contribution is 7.07. The lowest BCUT2D eigenvalue weighted by atomic mass is 9.95. The Kier molecular flexibility index (Phi) is 8.12. The van der Waals surface area contributed by atoms with Gasteiger partial charge in [-0.05, 0) is 66.6 Å². The van der Waals surface area contributed by atoms with Crippen molar-refractivity contribution in [3.8, 4) is 11.5 Å². The molecule has 0 saturated heterocycles. The number of fused-ring (bicyclic) bond motifs is 1. The van der Waals surface area contributed by atoms with Gasteiger partial charge in [-0.2, -0.15) is 0 Å². The fraction of sp³-hybridized carbons (Fsp3) is 0.167. The molecule has 1 atom stereocenters. The lowest BCUT2D eigenvalue weighted by molar-refractivity contribution is -0.136. The average molecular weight is 596 g/mol. The van der Waals surface area contributed by atoms with Crippen LogP contribution < -0.4 is 24.4 Å². The van der Waals surface area contributed by atoms with Gasteiger partial charge in [-0.15, -0.1) is 0 Å². The standard InChI is InChI=1S/C30H24Cl2N2O5S/c1-17-26(29(36)38-3)27(23-15-21(32)11-12-24(23)37-2)34-28(35)25(40-30(34)33-17)14-19-5-4-6-22(13-19)39-16-18-7-9-20(31)10-8-18/h4-15,27H,16H2,1-3H3/b25-14-/t27-/m0/s1. The van der Waals surface area contributed by atoms with Crippen LogP contribution in [-0.4, -0.2) is 24.8 Å². The van der Waals surface area contributed by atoms with Gasteiger partial charge in [0.25, 0.3) is 5.56 Å². The number of carbonyl (C=O) groups excluding carboxylic acids is 1. The fourth-order valence-electron chi connectivity index (χ4n) is 4.50. The summed E-state index contributed by atoms with van der Waals surface area (Å²) in [4.78, 5) is 31.8. The molecular weight excluding hydrogens is 571 g/mol. The quantitative estimate of drug-likeness (QED) is 0.271. The summed E-state index contributed by atoms with van der Waals surface area (Å²) < 4.78 is 18.5. The monoisotopic (exact) mass is 594 g/mol. The van der Waals surface area contributed by atoms with Crippen LogP contribution in [0.1, 0.15) is 29.7 Å². The van der Waals surface area contributed by atoms with Gasteiger partial charge in [0.15, 0.2) is 4.80 Å². The maximum absolute atomic E-state index is 13.9. The Hall–Kier alpha value is -3.85. The topological polar surface area (TPSA) is 79.1 Å². The lowest BCUT2D eigenvalue weighted by Gasteiger charge is -2.25. The predicted molar refractivity (Wildman–Crippen MR) is 156 cm³/mol. The van der Waals surface area contributed by atoms with Crippen LogP contribution >= 0.6 is 34.5 Å². The third-order valence-corrected chi connectivity index (χ3v) is 7.86. The third kappa shape index (κ3) is 5.56. The maximum Gasteiger partial charge on any atom is 0.338 e. The van der Waals surface area contributed by atoms with E-state index in [9.17, 15) is 9.59 Å². The molecule has 1 aromatic heterocycles. The summed E-state index contributed by atoms with van der Waals surface area (Å²) in [5.41, 5.74) is 2.69. The van der Waals surface area contributed by atoms with Gasteiger partial charge in [0.1, 0.15) is 24.1 Å². The second kappa shape index (κ2) is 11.7. The third-order valence-electron chi connectivity index (χ3n) is 6.39. The van der Waals surface area contributed by atoms with Crippen LogP contribution in [0.2, 0.25) is 10.0 Å². The van der Waals surface area contributed by atoms with Gasteiger partial charge in [0.2, 0.25) is 0 Å². The van der Waals surface area contributed by atoms with Crippen LogP contribution in [-0.2, 0) is 16.1 Å². The number of aromatic nitrogens is 1. The minimum atomic E-state index is -0.839. The summed E-state index contributed by atoms with van der Waals surface area (Å²) in [5.74, 6) is 0.542. The zero-order valence-electron chi connectivity index (χ0n) is 21.8. The minimum Gasteiger partial charge on any atom is -0.496 e. The SMILES string of the molecule is COC(=O)C1=C(C)N=c2s/c(=C\c3cccc(OCc4ccc(Cl)cc4)c3)c(=O)n2[C@H]1c1cc(Cl)ccc1OC. The molecule has 0 bridgehead atoms. The number of nitrogens with zero attached hydrogens (tertiary/aromatic N) is 2. The van der Waals surface area contributed by atoms with E-state index in [1.54, 1.807) is 31.2 Å². The zero-order valence-corrected chi connectivity index (χ0v) is 24.1. The molecule has 0 amide bonds. The van der Waals surface area contributed by atoms with Crippen molar-refractivity contribution in [3.63, 3.8) is 0 Å². The molecule has 1 aliphatic heterocycles. The molecule has 5 rings (SSSR count). The van der Waals surface area contributed by atoms with Gasteiger partial charge in [-0.1, -0.05) is 58.8 Å². The van der Waals surface area contributed by atoms with Gasteiger partial charge in [0, 0.05) is 15.6 Å². The van der Waals surface area contributed by atoms with Gasteiger partial charge in [-0.3, -0.25) is 9.36 Å². The Balaban J connectivity index is 1.58. The number of carbonyl (C=O) groups is 1. The first-order valence-electron chi connectivity index (χ1n) is 12.2. The summed E-state index contributed by atoms with van der Waals surface area (Å²) in [6, 6.07) is 19.1. The number of thiazole rings is 1. The van der Waals surface area contributed by atoms with E-state index in [0.717, 1.165) is 11.1 Å². The smallest absolute Gasteiger partial charge is 0.338 e. The molecule has 4 aromatic rings. The Labute approximate surface area is 244 Å². The largest absolute Gasteiger partial charge is 0.496 e. The Morgan fingerprint density at radius 2 is 1.80 bits per heavy atom. The first-order chi connectivity index (χ1) is 19.3. The molecule has 204 valence electrons. The number of benzene rings is 3. The number of halogens is 2. The van der Waals surface area contributed by atoms with Crippen LogP contribution in [0.4, 0.5) is 0 Å². The molecule has 10 heteroatoms. The summed E-state index contributed by atoms with van der Waals surface area (Å²) in [5, 5.41) is 1.10. The van der Waals surface area contributed by atoms with Crippen molar-refractivity contribution in [3.05, 3.63) is 124 Å². The Morgan fingerprint density at radius 3 is 2.52 bits per heavy atom. The second-order valence-corrected chi connectivity index (χ2v) is 10.8. The zero-order chi connectivity index (χ0) is 28.4. The number of allylic oxidation sites excluding steroid dienone is 1. The molecule has 0 N–H and O–H groups in total. The van der Waals surface area contributed by atoms with Crippen LogP contribution in [0.15, 0.2) is 87.8 Å². The molecule has 1 aliphatic rings. The van der Waals surface area contributed by atoms with Crippen molar-refractivity contribution in [2.24, 2.45) is 4.99 Å².